The van der Waals surface area contributed by atoms with E-state index in [1.54, 1.807) is 7.11 Å². The molecule has 3 heteroatoms. The molecule has 0 rings (SSSR count). The van der Waals surface area contributed by atoms with Crippen LogP contribution >= 0.6 is 12.6 Å². The minimum atomic E-state index is -0.109. The molecular formula is C8H17O2S. The summed E-state index contributed by atoms with van der Waals surface area (Å²) in [6, 6.07) is 0. The van der Waals surface area contributed by atoms with Crippen LogP contribution in [-0.2, 0) is 9.47 Å². The van der Waals surface area contributed by atoms with Gasteiger partial charge in [-0.25, -0.2) is 0 Å². The van der Waals surface area contributed by atoms with Crippen molar-refractivity contribution in [3.63, 3.8) is 0 Å². The van der Waals surface area contributed by atoms with Gasteiger partial charge in [-0.1, -0.05) is 32.9 Å². The van der Waals surface area contributed by atoms with Crippen molar-refractivity contribution in [1.29, 1.82) is 0 Å². The Kier molecular flexibility index (Phi) is 7.12. The smallest absolute Gasteiger partial charge is 0.158 e. The highest BCUT2D eigenvalue weighted by Crippen LogP contribution is 2.10. The molecular weight excluding hydrogens is 160 g/mol. The van der Waals surface area contributed by atoms with Crippen molar-refractivity contribution in [2.24, 2.45) is 0 Å². The lowest BCUT2D eigenvalue weighted by molar-refractivity contribution is -0.136. The fourth-order valence-electron chi connectivity index (χ4n) is 0.743. The van der Waals surface area contributed by atoms with Crippen molar-refractivity contribution in [1.82, 2.24) is 0 Å². The van der Waals surface area contributed by atoms with Gasteiger partial charge in [-0.3, -0.25) is 0 Å². The lowest BCUT2D eigenvalue weighted by Crippen LogP contribution is -2.19. The van der Waals surface area contributed by atoms with E-state index in [0.717, 1.165) is 19.3 Å². The summed E-state index contributed by atoms with van der Waals surface area (Å²) in [4.78, 5) is 0. The van der Waals surface area contributed by atoms with E-state index in [2.05, 4.69) is 6.92 Å². The van der Waals surface area contributed by atoms with Crippen LogP contribution in [0.3, 0.4) is 0 Å². The molecule has 0 spiro atoms. The second kappa shape index (κ2) is 6.95. The molecule has 0 aromatic heterocycles. The highest BCUT2D eigenvalue weighted by atomic mass is 32.1. The van der Waals surface area contributed by atoms with Gasteiger partial charge in [0.15, 0.2) is 6.29 Å². The van der Waals surface area contributed by atoms with Gasteiger partial charge in [0, 0.05) is 7.11 Å². The molecule has 2 nitrogen and oxygen atoms in total. The SMILES string of the molecule is CCCC(OC)OC([S])CC. The fourth-order valence-corrected chi connectivity index (χ4v) is 0.867. The van der Waals surface area contributed by atoms with Gasteiger partial charge in [0.1, 0.15) is 5.44 Å². The molecule has 0 saturated heterocycles. The molecule has 0 aromatic rings. The van der Waals surface area contributed by atoms with Gasteiger partial charge < -0.3 is 9.47 Å². The predicted molar refractivity (Wildman–Crippen MR) is 48.5 cm³/mol. The van der Waals surface area contributed by atoms with Crippen molar-refractivity contribution < 1.29 is 9.47 Å². The van der Waals surface area contributed by atoms with Crippen LogP contribution in [0.25, 0.3) is 0 Å². The van der Waals surface area contributed by atoms with Gasteiger partial charge in [0.05, 0.1) is 0 Å². The molecule has 0 heterocycles. The first-order chi connectivity index (χ1) is 5.24. The van der Waals surface area contributed by atoms with Crippen molar-refractivity contribution in [3.8, 4) is 0 Å². The van der Waals surface area contributed by atoms with Crippen LogP contribution in [0.1, 0.15) is 33.1 Å². The van der Waals surface area contributed by atoms with Crippen LogP contribution in [0.5, 0.6) is 0 Å². The Balaban J connectivity index is 3.49. The second-order valence-electron chi connectivity index (χ2n) is 2.43. The van der Waals surface area contributed by atoms with E-state index in [1.807, 2.05) is 6.92 Å². The molecule has 0 aliphatic rings. The minimum Gasteiger partial charge on any atom is -0.356 e. The van der Waals surface area contributed by atoms with E-state index in [9.17, 15) is 0 Å². The normalized spacial score (nSPS) is 16.4. The van der Waals surface area contributed by atoms with E-state index in [-0.39, 0.29) is 11.7 Å². The van der Waals surface area contributed by atoms with Crippen LogP contribution in [0, 0.1) is 0 Å². The van der Waals surface area contributed by atoms with Crippen molar-refractivity contribution in [2.75, 3.05) is 7.11 Å². The maximum absolute atomic E-state index is 5.38. The zero-order valence-electron chi connectivity index (χ0n) is 7.50. The Labute approximate surface area is 74.7 Å². The molecule has 0 bridgehead atoms. The Morgan fingerprint density at radius 1 is 1.36 bits per heavy atom. The number of hydrogen-bond acceptors (Lipinski definition) is 2. The van der Waals surface area contributed by atoms with Gasteiger partial charge in [0.25, 0.3) is 0 Å². The lowest BCUT2D eigenvalue weighted by atomic mass is 10.3. The number of ether oxygens (including phenoxy) is 2. The van der Waals surface area contributed by atoms with Gasteiger partial charge in [-0.15, -0.1) is 0 Å². The summed E-state index contributed by atoms with van der Waals surface area (Å²) in [5.74, 6) is 0. The summed E-state index contributed by atoms with van der Waals surface area (Å²) in [5.41, 5.74) is -0.105. The Morgan fingerprint density at radius 3 is 2.36 bits per heavy atom. The van der Waals surface area contributed by atoms with E-state index >= 15 is 0 Å². The van der Waals surface area contributed by atoms with Gasteiger partial charge in [-0.2, -0.15) is 0 Å². The molecule has 0 aliphatic heterocycles. The summed E-state index contributed by atoms with van der Waals surface area (Å²) in [6.45, 7) is 4.11. The van der Waals surface area contributed by atoms with E-state index in [0.29, 0.717) is 0 Å². The quantitative estimate of drug-likeness (QED) is 0.581. The van der Waals surface area contributed by atoms with Crippen molar-refractivity contribution in [2.45, 2.75) is 44.8 Å². The molecule has 0 fully saturated rings. The number of methoxy groups -OCH3 is 1. The summed E-state index contributed by atoms with van der Waals surface area (Å²) in [7, 11) is 1.65. The minimum absolute atomic E-state index is 0.105. The van der Waals surface area contributed by atoms with Gasteiger partial charge >= 0.3 is 0 Å². The van der Waals surface area contributed by atoms with Crippen molar-refractivity contribution >= 4 is 12.6 Å². The van der Waals surface area contributed by atoms with E-state index in [1.165, 1.54) is 0 Å². The van der Waals surface area contributed by atoms with E-state index < -0.39 is 0 Å². The average Bonchev–Trinajstić information content (AvgIpc) is 2.03. The highest BCUT2D eigenvalue weighted by molar-refractivity contribution is 7.80. The third-order valence-electron chi connectivity index (χ3n) is 1.42. The standard InChI is InChI=1S/C8H17O2S/c1-4-6-7(9-3)10-8(11)5-2/h7-8H,4-6H2,1-3H3. The summed E-state index contributed by atoms with van der Waals surface area (Å²) >= 11 is 4.99. The molecule has 0 N–H and O–H groups in total. The molecule has 0 amide bonds. The topological polar surface area (TPSA) is 18.5 Å². The Hall–Kier alpha value is 0.270. The maximum atomic E-state index is 5.38. The average molecular weight is 177 g/mol. The first kappa shape index (κ1) is 11.3. The van der Waals surface area contributed by atoms with Crippen LogP contribution in [0.2, 0.25) is 0 Å². The first-order valence-electron chi connectivity index (χ1n) is 4.08. The van der Waals surface area contributed by atoms with Crippen LogP contribution in [0.15, 0.2) is 0 Å². The number of rotatable bonds is 6. The molecule has 0 saturated carbocycles. The highest BCUT2D eigenvalue weighted by Gasteiger charge is 2.10. The van der Waals surface area contributed by atoms with Crippen molar-refractivity contribution in [3.05, 3.63) is 0 Å². The first-order valence-corrected chi connectivity index (χ1v) is 4.55. The van der Waals surface area contributed by atoms with Gasteiger partial charge in [-0.05, 0) is 12.8 Å². The predicted octanol–water partition coefficient (Wildman–Crippen LogP) is 2.71. The fraction of sp³-hybridized carbons (Fsp3) is 1.00. The zero-order valence-corrected chi connectivity index (χ0v) is 8.32. The molecule has 11 heavy (non-hydrogen) atoms. The third-order valence-corrected chi connectivity index (χ3v) is 1.87. The summed E-state index contributed by atoms with van der Waals surface area (Å²) in [5, 5.41) is 0. The van der Waals surface area contributed by atoms with E-state index in [4.69, 9.17) is 22.1 Å². The monoisotopic (exact) mass is 177 g/mol. The largest absolute Gasteiger partial charge is 0.356 e. The Morgan fingerprint density at radius 2 is 2.00 bits per heavy atom. The summed E-state index contributed by atoms with van der Waals surface area (Å²) in [6.07, 6.45) is 2.73. The van der Waals surface area contributed by atoms with Crippen LogP contribution in [0.4, 0.5) is 0 Å². The molecule has 1 radical (unpaired) electrons. The molecule has 0 aliphatic carbocycles. The maximum Gasteiger partial charge on any atom is 0.158 e. The molecule has 2 atom stereocenters. The molecule has 2 unspecified atom stereocenters. The summed E-state index contributed by atoms with van der Waals surface area (Å²) < 4.78 is 10.5. The molecule has 67 valence electrons. The third kappa shape index (κ3) is 5.53. The van der Waals surface area contributed by atoms with Gasteiger partial charge in [0.2, 0.25) is 0 Å². The molecule has 0 aromatic carbocycles. The zero-order chi connectivity index (χ0) is 8.69. The number of hydrogen-bond donors (Lipinski definition) is 0. The van der Waals surface area contributed by atoms with Crippen LogP contribution in [-0.4, -0.2) is 18.8 Å². The lowest BCUT2D eigenvalue weighted by Gasteiger charge is -2.18. The Bertz CT molecular complexity index is 88.2. The second-order valence-corrected chi connectivity index (χ2v) is 2.95. The van der Waals surface area contributed by atoms with Crippen LogP contribution < -0.4 is 0 Å².